The Balaban J connectivity index is 2.14. The molecule has 0 saturated heterocycles. The van der Waals surface area contributed by atoms with Crippen LogP contribution < -0.4 is 0 Å². The van der Waals surface area contributed by atoms with Gasteiger partial charge in [-0.05, 0) is 32.0 Å². The largest absolute Gasteiger partial charge is 0.452 e. The summed E-state index contributed by atoms with van der Waals surface area (Å²) in [5.74, 6) is 0.180. The van der Waals surface area contributed by atoms with Crippen molar-refractivity contribution in [1.29, 1.82) is 0 Å². The first-order valence-electron chi connectivity index (χ1n) is 6.72. The third-order valence-corrected chi connectivity index (χ3v) is 3.58. The van der Waals surface area contributed by atoms with E-state index in [0.717, 1.165) is 10.9 Å². The molecule has 2 aromatic carbocycles. The van der Waals surface area contributed by atoms with Gasteiger partial charge in [0.1, 0.15) is 5.58 Å². The van der Waals surface area contributed by atoms with E-state index in [-0.39, 0.29) is 11.6 Å². The van der Waals surface area contributed by atoms with Crippen LogP contribution in [-0.4, -0.2) is 11.6 Å². The molecule has 3 heteroatoms. The van der Waals surface area contributed by atoms with E-state index in [1.165, 1.54) is 6.92 Å². The normalized spacial score (nSPS) is 10.8. The molecule has 3 rings (SSSR count). The highest BCUT2D eigenvalue weighted by atomic mass is 16.3. The topological polar surface area (TPSA) is 47.3 Å². The monoisotopic (exact) mass is 278 g/mol. The van der Waals surface area contributed by atoms with Gasteiger partial charge in [0.25, 0.3) is 0 Å². The Labute approximate surface area is 122 Å². The highest BCUT2D eigenvalue weighted by Gasteiger charge is 2.19. The van der Waals surface area contributed by atoms with E-state index >= 15 is 0 Å². The molecule has 104 valence electrons. The zero-order valence-electron chi connectivity index (χ0n) is 11.8. The van der Waals surface area contributed by atoms with E-state index in [2.05, 4.69) is 0 Å². The summed E-state index contributed by atoms with van der Waals surface area (Å²) in [6, 6.07) is 14.2. The lowest BCUT2D eigenvalue weighted by Crippen LogP contribution is -2.00. The molecule has 0 amide bonds. The molecule has 1 aromatic heterocycles. The maximum atomic E-state index is 12.5. The number of ketones is 2. The summed E-state index contributed by atoms with van der Waals surface area (Å²) < 4.78 is 5.69. The maximum Gasteiger partial charge on any atom is 0.228 e. The van der Waals surface area contributed by atoms with E-state index < -0.39 is 0 Å². The van der Waals surface area contributed by atoms with E-state index in [0.29, 0.717) is 22.5 Å². The van der Waals surface area contributed by atoms with Crippen molar-refractivity contribution >= 4 is 22.5 Å². The Kier molecular flexibility index (Phi) is 3.18. The quantitative estimate of drug-likeness (QED) is 0.675. The SMILES string of the molecule is CC(=O)c1ccc2oc(C(=O)c3ccccc3)c(C)c2c1. The Morgan fingerprint density at radius 1 is 0.952 bits per heavy atom. The molecule has 0 aliphatic heterocycles. The van der Waals surface area contributed by atoms with Crippen molar-refractivity contribution < 1.29 is 14.0 Å². The van der Waals surface area contributed by atoms with Crippen molar-refractivity contribution in [2.75, 3.05) is 0 Å². The van der Waals surface area contributed by atoms with E-state index in [9.17, 15) is 9.59 Å². The third-order valence-electron chi connectivity index (χ3n) is 3.58. The second kappa shape index (κ2) is 5.02. The molecule has 0 spiro atoms. The third kappa shape index (κ3) is 2.27. The van der Waals surface area contributed by atoms with Crippen LogP contribution in [0.25, 0.3) is 11.0 Å². The van der Waals surface area contributed by atoms with E-state index in [1.54, 1.807) is 30.3 Å². The van der Waals surface area contributed by atoms with Gasteiger partial charge in [0.05, 0.1) is 0 Å². The second-order valence-electron chi connectivity index (χ2n) is 5.02. The lowest BCUT2D eigenvalue weighted by Gasteiger charge is -1.98. The van der Waals surface area contributed by atoms with Gasteiger partial charge in [-0.3, -0.25) is 9.59 Å². The lowest BCUT2D eigenvalue weighted by molar-refractivity contribution is 0.100. The van der Waals surface area contributed by atoms with Crippen molar-refractivity contribution in [2.45, 2.75) is 13.8 Å². The summed E-state index contributed by atoms with van der Waals surface area (Å²) in [7, 11) is 0. The number of furan rings is 1. The van der Waals surface area contributed by atoms with Gasteiger partial charge in [-0.1, -0.05) is 30.3 Å². The molecular weight excluding hydrogens is 264 g/mol. The fourth-order valence-corrected chi connectivity index (χ4v) is 2.38. The zero-order valence-corrected chi connectivity index (χ0v) is 11.8. The summed E-state index contributed by atoms with van der Waals surface area (Å²) in [5.41, 5.74) is 2.59. The van der Waals surface area contributed by atoms with Gasteiger partial charge in [0.2, 0.25) is 5.78 Å². The molecule has 0 atom stereocenters. The fraction of sp³-hybridized carbons (Fsp3) is 0.111. The Morgan fingerprint density at radius 3 is 2.33 bits per heavy atom. The Morgan fingerprint density at radius 2 is 1.67 bits per heavy atom. The summed E-state index contributed by atoms with van der Waals surface area (Å²) >= 11 is 0. The van der Waals surface area contributed by atoms with Crippen LogP contribution in [0, 0.1) is 6.92 Å². The predicted molar refractivity (Wildman–Crippen MR) is 80.8 cm³/mol. The Hall–Kier alpha value is -2.68. The number of carbonyl (C=O) groups excluding carboxylic acids is 2. The average molecular weight is 278 g/mol. The van der Waals surface area contributed by atoms with Gasteiger partial charge >= 0.3 is 0 Å². The van der Waals surface area contributed by atoms with Gasteiger partial charge in [0.15, 0.2) is 11.5 Å². The maximum absolute atomic E-state index is 12.5. The zero-order chi connectivity index (χ0) is 15.0. The molecular formula is C18H14O3. The first-order valence-corrected chi connectivity index (χ1v) is 6.72. The molecule has 21 heavy (non-hydrogen) atoms. The minimum atomic E-state index is -0.145. The molecule has 3 aromatic rings. The Bertz CT molecular complexity index is 842. The molecule has 0 fully saturated rings. The molecule has 0 unspecified atom stereocenters. The number of fused-ring (bicyclic) bond motifs is 1. The second-order valence-corrected chi connectivity index (χ2v) is 5.02. The van der Waals surface area contributed by atoms with Gasteiger partial charge in [-0.15, -0.1) is 0 Å². The summed E-state index contributed by atoms with van der Waals surface area (Å²) in [4.78, 5) is 24.0. The summed E-state index contributed by atoms with van der Waals surface area (Å²) in [6.45, 7) is 3.36. The van der Waals surface area contributed by atoms with Crippen LogP contribution in [0.15, 0.2) is 52.9 Å². The van der Waals surface area contributed by atoms with Crippen LogP contribution in [-0.2, 0) is 0 Å². The number of rotatable bonds is 3. The van der Waals surface area contributed by atoms with Crippen molar-refractivity contribution in [3.63, 3.8) is 0 Å². The van der Waals surface area contributed by atoms with Crippen LogP contribution in [0.2, 0.25) is 0 Å². The molecule has 0 aliphatic carbocycles. The molecule has 3 nitrogen and oxygen atoms in total. The lowest BCUT2D eigenvalue weighted by atomic mass is 10.0. The molecule has 1 heterocycles. The molecule has 0 bridgehead atoms. The standard InChI is InChI=1S/C18H14O3/c1-11-15-10-14(12(2)19)8-9-16(15)21-18(11)17(20)13-6-4-3-5-7-13/h3-10H,1-2H3. The van der Waals surface area contributed by atoms with Crippen LogP contribution in [0.3, 0.4) is 0 Å². The van der Waals surface area contributed by atoms with Gasteiger partial charge < -0.3 is 4.42 Å². The van der Waals surface area contributed by atoms with Crippen molar-refractivity contribution in [3.8, 4) is 0 Å². The number of benzene rings is 2. The number of aryl methyl sites for hydroxylation is 1. The van der Waals surface area contributed by atoms with E-state index in [4.69, 9.17) is 4.42 Å². The molecule has 0 saturated carbocycles. The van der Waals surface area contributed by atoms with Gasteiger partial charge in [-0.2, -0.15) is 0 Å². The van der Waals surface area contributed by atoms with Crippen LogP contribution in [0.4, 0.5) is 0 Å². The molecule has 0 radical (unpaired) electrons. The number of hydrogen-bond donors (Lipinski definition) is 0. The predicted octanol–water partition coefficient (Wildman–Crippen LogP) is 4.17. The number of carbonyl (C=O) groups is 2. The minimum Gasteiger partial charge on any atom is -0.452 e. The average Bonchev–Trinajstić information content (AvgIpc) is 2.84. The van der Waals surface area contributed by atoms with Crippen molar-refractivity contribution in [2.24, 2.45) is 0 Å². The molecule has 0 N–H and O–H groups in total. The molecule has 0 aliphatic rings. The van der Waals surface area contributed by atoms with E-state index in [1.807, 2.05) is 25.1 Å². The summed E-state index contributed by atoms with van der Waals surface area (Å²) in [6.07, 6.45) is 0. The van der Waals surface area contributed by atoms with Crippen LogP contribution in [0.1, 0.15) is 39.0 Å². The van der Waals surface area contributed by atoms with Gasteiger partial charge in [-0.25, -0.2) is 0 Å². The fourth-order valence-electron chi connectivity index (χ4n) is 2.38. The highest BCUT2D eigenvalue weighted by molar-refractivity contribution is 6.11. The number of Topliss-reactive ketones (excluding diaryl/α,β-unsaturated/α-hetero) is 1. The first kappa shape index (κ1) is 13.3. The number of hydrogen-bond acceptors (Lipinski definition) is 3. The van der Waals surface area contributed by atoms with Crippen LogP contribution >= 0.6 is 0 Å². The smallest absolute Gasteiger partial charge is 0.228 e. The summed E-state index contributed by atoms with van der Waals surface area (Å²) in [5, 5.41) is 0.807. The van der Waals surface area contributed by atoms with Crippen LogP contribution in [0.5, 0.6) is 0 Å². The van der Waals surface area contributed by atoms with Crippen molar-refractivity contribution in [3.05, 3.63) is 71.0 Å². The highest BCUT2D eigenvalue weighted by Crippen LogP contribution is 2.28. The van der Waals surface area contributed by atoms with Gasteiger partial charge in [0, 0.05) is 22.1 Å². The minimum absolute atomic E-state index is 0.00608. The first-order chi connectivity index (χ1) is 10.1. The van der Waals surface area contributed by atoms with Crippen molar-refractivity contribution in [1.82, 2.24) is 0 Å².